The van der Waals surface area contributed by atoms with Crippen LogP contribution in [0.2, 0.25) is 0 Å². The van der Waals surface area contributed by atoms with Gasteiger partial charge in [0.1, 0.15) is 5.82 Å². The maximum Gasteiger partial charge on any atom is 0.419 e. The molecule has 2 atom stereocenters. The molecule has 3 nitrogen and oxygen atoms in total. The minimum Gasteiger partial charge on any atom is -0.326 e. The lowest BCUT2D eigenvalue weighted by molar-refractivity contribution is -0.140. The Kier molecular flexibility index (Phi) is 3.99. The number of halogens is 4. The Labute approximate surface area is 113 Å². The van der Waals surface area contributed by atoms with Crippen LogP contribution in [0.15, 0.2) is 18.2 Å². The number of hydrogen-bond donors (Lipinski definition) is 2. The second-order valence-electron chi connectivity index (χ2n) is 4.82. The maximum absolute atomic E-state index is 13.1. The number of carbonyl (C=O) groups is 1. The third kappa shape index (κ3) is 3.09. The second-order valence-corrected chi connectivity index (χ2v) is 4.82. The van der Waals surface area contributed by atoms with Crippen molar-refractivity contribution in [2.24, 2.45) is 5.92 Å². The van der Waals surface area contributed by atoms with Crippen molar-refractivity contribution in [3.63, 3.8) is 0 Å². The summed E-state index contributed by atoms with van der Waals surface area (Å²) in [5.74, 6) is -2.01. The lowest BCUT2D eigenvalue weighted by Crippen LogP contribution is -2.32. The number of rotatable bonds is 2. The van der Waals surface area contributed by atoms with E-state index in [0.29, 0.717) is 25.1 Å². The molecule has 1 amide bonds. The van der Waals surface area contributed by atoms with Crippen LogP contribution in [-0.4, -0.2) is 18.5 Å². The number of anilines is 1. The van der Waals surface area contributed by atoms with Crippen LogP contribution in [0.5, 0.6) is 0 Å². The zero-order valence-corrected chi connectivity index (χ0v) is 10.7. The van der Waals surface area contributed by atoms with Crippen LogP contribution in [0.25, 0.3) is 0 Å². The molecule has 20 heavy (non-hydrogen) atoms. The minimum absolute atomic E-state index is 0.0301. The first kappa shape index (κ1) is 14.8. The zero-order chi connectivity index (χ0) is 14.9. The van der Waals surface area contributed by atoms with Crippen LogP contribution in [0.4, 0.5) is 23.2 Å². The van der Waals surface area contributed by atoms with E-state index in [4.69, 9.17) is 0 Å². The highest BCUT2D eigenvalue weighted by Gasteiger charge is 2.35. The lowest BCUT2D eigenvalue weighted by Gasteiger charge is -2.16. The van der Waals surface area contributed by atoms with Gasteiger partial charge in [0.25, 0.3) is 0 Å². The quantitative estimate of drug-likeness (QED) is 0.822. The smallest absolute Gasteiger partial charge is 0.326 e. The Hall–Kier alpha value is -1.63. The van der Waals surface area contributed by atoms with Crippen molar-refractivity contribution in [3.05, 3.63) is 29.6 Å². The number of amides is 1. The van der Waals surface area contributed by atoms with Crippen molar-refractivity contribution in [2.75, 3.05) is 11.9 Å². The number of benzene rings is 1. The molecule has 0 bridgehead atoms. The van der Waals surface area contributed by atoms with Crippen molar-refractivity contribution in [2.45, 2.75) is 25.6 Å². The summed E-state index contributed by atoms with van der Waals surface area (Å²) in [7, 11) is 0. The average molecular weight is 290 g/mol. The number of nitrogens with one attached hydrogen (secondary N) is 2. The topological polar surface area (TPSA) is 41.1 Å². The van der Waals surface area contributed by atoms with E-state index in [1.165, 1.54) is 0 Å². The van der Waals surface area contributed by atoms with Crippen molar-refractivity contribution >= 4 is 11.6 Å². The van der Waals surface area contributed by atoms with E-state index in [2.05, 4.69) is 10.6 Å². The molecule has 0 radical (unpaired) electrons. The van der Waals surface area contributed by atoms with E-state index in [1.807, 2.05) is 6.92 Å². The normalized spacial score (nSPS) is 22.9. The molecule has 110 valence electrons. The molecule has 1 aromatic carbocycles. The number of alkyl halides is 3. The predicted molar refractivity (Wildman–Crippen MR) is 65.6 cm³/mol. The highest BCUT2D eigenvalue weighted by Crippen LogP contribution is 2.33. The molecule has 1 aliphatic rings. The Morgan fingerprint density at radius 2 is 2.10 bits per heavy atom. The predicted octanol–water partition coefficient (Wildman–Crippen LogP) is 2.78. The van der Waals surface area contributed by atoms with Gasteiger partial charge in [-0.25, -0.2) is 4.39 Å². The summed E-state index contributed by atoms with van der Waals surface area (Å²) >= 11 is 0. The molecule has 1 aliphatic heterocycles. The summed E-state index contributed by atoms with van der Waals surface area (Å²) in [5, 5.41) is 5.49. The monoisotopic (exact) mass is 290 g/mol. The average Bonchev–Trinajstić information content (AvgIpc) is 2.76. The van der Waals surface area contributed by atoms with Crippen LogP contribution in [0, 0.1) is 11.7 Å². The van der Waals surface area contributed by atoms with Gasteiger partial charge in [0, 0.05) is 11.7 Å². The molecule has 2 unspecified atom stereocenters. The molecule has 0 spiro atoms. The van der Waals surface area contributed by atoms with Gasteiger partial charge in [-0.05, 0) is 38.1 Å². The van der Waals surface area contributed by atoms with E-state index in [0.717, 1.165) is 6.07 Å². The van der Waals surface area contributed by atoms with Gasteiger partial charge in [0.2, 0.25) is 5.91 Å². The van der Waals surface area contributed by atoms with Gasteiger partial charge in [-0.3, -0.25) is 4.79 Å². The molecular formula is C13H14F4N2O. The van der Waals surface area contributed by atoms with E-state index >= 15 is 0 Å². The van der Waals surface area contributed by atoms with Gasteiger partial charge < -0.3 is 10.6 Å². The summed E-state index contributed by atoms with van der Waals surface area (Å²) in [4.78, 5) is 11.9. The first-order chi connectivity index (χ1) is 9.29. The van der Waals surface area contributed by atoms with Crippen LogP contribution in [-0.2, 0) is 11.0 Å². The standard InChI is InChI=1S/C13H14F4N2O/c1-7-9(4-5-18-7)12(20)19-8-2-3-11(14)10(6-8)13(15,16)17/h2-3,6-7,9,18H,4-5H2,1H3,(H,19,20). The summed E-state index contributed by atoms with van der Waals surface area (Å²) < 4.78 is 50.8. The number of hydrogen-bond acceptors (Lipinski definition) is 2. The van der Waals surface area contributed by atoms with Crippen LogP contribution >= 0.6 is 0 Å². The summed E-state index contributed by atoms with van der Waals surface area (Å²) in [6.07, 6.45) is -4.16. The van der Waals surface area contributed by atoms with Crippen molar-refractivity contribution in [1.29, 1.82) is 0 Å². The molecule has 2 rings (SSSR count). The molecule has 0 aliphatic carbocycles. The lowest BCUT2D eigenvalue weighted by atomic mass is 10.0. The molecule has 2 N–H and O–H groups in total. The Bertz CT molecular complexity index is 516. The zero-order valence-electron chi connectivity index (χ0n) is 10.7. The van der Waals surface area contributed by atoms with Crippen LogP contribution in [0.1, 0.15) is 18.9 Å². The highest BCUT2D eigenvalue weighted by molar-refractivity contribution is 5.93. The first-order valence-corrected chi connectivity index (χ1v) is 6.20. The Balaban J connectivity index is 2.16. The van der Waals surface area contributed by atoms with Gasteiger partial charge >= 0.3 is 6.18 Å². The molecule has 1 saturated heterocycles. The highest BCUT2D eigenvalue weighted by atomic mass is 19.4. The fraction of sp³-hybridized carbons (Fsp3) is 0.462. The second kappa shape index (κ2) is 5.40. The molecule has 0 saturated carbocycles. The van der Waals surface area contributed by atoms with Gasteiger partial charge in [-0.15, -0.1) is 0 Å². The summed E-state index contributed by atoms with van der Waals surface area (Å²) in [5.41, 5.74) is -1.43. The minimum atomic E-state index is -4.78. The van der Waals surface area contributed by atoms with Gasteiger partial charge in [0.05, 0.1) is 11.5 Å². The SMILES string of the molecule is CC1NCCC1C(=O)Nc1ccc(F)c(C(F)(F)F)c1. The van der Waals surface area contributed by atoms with Crippen molar-refractivity contribution in [1.82, 2.24) is 5.32 Å². The van der Waals surface area contributed by atoms with Gasteiger partial charge in [0.15, 0.2) is 0 Å². The molecule has 0 aromatic heterocycles. The molecular weight excluding hydrogens is 276 g/mol. The molecule has 1 fully saturated rings. The maximum atomic E-state index is 13.1. The summed E-state index contributed by atoms with van der Waals surface area (Å²) in [6.45, 7) is 2.53. The Morgan fingerprint density at radius 3 is 2.65 bits per heavy atom. The van der Waals surface area contributed by atoms with E-state index in [9.17, 15) is 22.4 Å². The van der Waals surface area contributed by atoms with E-state index in [-0.39, 0.29) is 23.6 Å². The molecule has 1 aromatic rings. The summed E-state index contributed by atoms with van der Waals surface area (Å²) in [6, 6.07) is 2.41. The van der Waals surface area contributed by atoms with E-state index < -0.39 is 17.6 Å². The largest absolute Gasteiger partial charge is 0.419 e. The fourth-order valence-electron chi connectivity index (χ4n) is 2.27. The van der Waals surface area contributed by atoms with Crippen molar-refractivity contribution in [3.8, 4) is 0 Å². The molecule has 1 heterocycles. The third-order valence-corrected chi connectivity index (χ3v) is 3.40. The third-order valence-electron chi connectivity index (χ3n) is 3.40. The van der Waals surface area contributed by atoms with Crippen LogP contribution < -0.4 is 10.6 Å². The van der Waals surface area contributed by atoms with Gasteiger partial charge in [-0.1, -0.05) is 0 Å². The fourth-order valence-corrected chi connectivity index (χ4v) is 2.27. The number of carbonyl (C=O) groups excluding carboxylic acids is 1. The Morgan fingerprint density at radius 1 is 1.40 bits per heavy atom. The van der Waals surface area contributed by atoms with E-state index in [1.54, 1.807) is 0 Å². The first-order valence-electron chi connectivity index (χ1n) is 6.20. The van der Waals surface area contributed by atoms with Crippen LogP contribution in [0.3, 0.4) is 0 Å². The van der Waals surface area contributed by atoms with Gasteiger partial charge in [-0.2, -0.15) is 13.2 Å². The molecule has 7 heteroatoms. The van der Waals surface area contributed by atoms with Crippen molar-refractivity contribution < 1.29 is 22.4 Å².